The van der Waals surface area contributed by atoms with E-state index in [0.29, 0.717) is 23.9 Å². The van der Waals surface area contributed by atoms with Crippen molar-refractivity contribution in [3.8, 4) is 0 Å². The summed E-state index contributed by atoms with van der Waals surface area (Å²) < 4.78 is 4.97. The summed E-state index contributed by atoms with van der Waals surface area (Å²) in [7, 11) is 1.37. The van der Waals surface area contributed by atoms with Gasteiger partial charge >= 0.3 is 5.97 Å². The molecule has 1 saturated carbocycles. The minimum Gasteiger partial charge on any atom is -0.467 e. The number of hydrogen-bond donors (Lipinski definition) is 1. The lowest BCUT2D eigenvalue weighted by atomic mass is 9.94. The topological polar surface area (TPSA) is 58.6 Å². The van der Waals surface area contributed by atoms with E-state index < -0.39 is 6.04 Å². The monoisotopic (exact) mass is 412 g/mol. The Hall–Kier alpha value is -2.37. The summed E-state index contributed by atoms with van der Waals surface area (Å²) in [5.74, 6) is 0.0706. The SMILES string of the molecule is COC(=O)C1Cc2ccccc2CN1C(=O)CNC(c1ccc(Cl)cc1)C1CC1. The van der Waals surface area contributed by atoms with Gasteiger partial charge in [-0.05, 0) is 47.6 Å². The second-order valence-corrected chi connectivity index (χ2v) is 8.22. The molecule has 2 aromatic carbocycles. The number of nitrogens with zero attached hydrogens (tertiary/aromatic N) is 1. The first-order valence-electron chi connectivity index (χ1n) is 9.99. The number of nitrogens with one attached hydrogen (secondary N) is 1. The zero-order valence-electron chi connectivity index (χ0n) is 16.4. The molecule has 1 heterocycles. The van der Waals surface area contributed by atoms with Gasteiger partial charge in [-0.2, -0.15) is 0 Å². The summed E-state index contributed by atoms with van der Waals surface area (Å²) in [5.41, 5.74) is 3.31. The maximum absolute atomic E-state index is 13.1. The average Bonchev–Trinajstić information content (AvgIpc) is 3.58. The van der Waals surface area contributed by atoms with Crippen LogP contribution in [0.1, 0.15) is 35.6 Å². The molecule has 2 aromatic rings. The number of carbonyl (C=O) groups excluding carboxylic acids is 2. The van der Waals surface area contributed by atoms with Gasteiger partial charge < -0.3 is 15.0 Å². The molecule has 1 N–H and O–H groups in total. The lowest BCUT2D eigenvalue weighted by molar-refractivity contribution is -0.153. The first-order chi connectivity index (χ1) is 14.1. The predicted molar refractivity (Wildman–Crippen MR) is 111 cm³/mol. The molecular weight excluding hydrogens is 388 g/mol. The summed E-state index contributed by atoms with van der Waals surface area (Å²) in [6, 6.07) is 15.3. The molecule has 1 aliphatic carbocycles. The Balaban J connectivity index is 1.48. The van der Waals surface area contributed by atoms with E-state index in [1.165, 1.54) is 7.11 Å². The number of methoxy groups -OCH3 is 1. The van der Waals surface area contributed by atoms with E-state index in [-0.39, 0.29) is 24.5 Å². The summed E-state index contributed by atoms with van der Waals surface area (Å²) in [4.78, 5) is 27.1. The van der Waals surface area contributed by atoms with Gasteiger partial charge in [0.2, 0.25) is 5.91 Å². The number of fused-ring (bicyclic) bond motifs is 1. The summed E-state index contributed by atoms with van der Waals surface area (Å²) >= 11 is 6.02. The van der Waals surface area contributed by atoms with Gasteiger partial charge in [0, 0.05) is 24.0 Å². The van der Waals surface area contributed by atoms with E-state index in [0.717, 1.165) is 29.5 Å². The van der Waals surface area contributed by atoms with E-state index in [4.69, 9.17) is 16.3 Å². The van der Waals surface area contributed by atoms with Gasteiger partial charge in [0.1, 0.15) is 6.04 Å². The fourth-order valence-corrected chi connectivity index (χ4v) is 4.21. The van der Waals surface area contributed by atoms with Crippen molar-refractivity contribution in [2.75, 3.05) is 13.7 Å². The highest BCUT2D eigenvalue weighted by atomic mass is 35.5. The first-order valence-corrected chi connectivity index (χ1v) is 10.4. The largest absolute Gasteiger partial charge is 0.467 e. The number of hydrogen-bond acceptors (Lipinski definition) is 4. The molecule has 0 radical (unpaired) electrons. The molecule has 0 spiro atoms. The van der Waals surface area contributed by atoms with E-state index >= 15 is 0 Å². The van der Waals surface area contributed by atoms with Crippen LogP contribution in [0.15, 0.2) is 48.5 Å². The van der Waals surface area contributed by atoms with Crippen LogP contribution in [-0.4, -0.2) is 36.5 Å². The van der Waals surface area contributed by atoms with Crippen molar-refractivity contribution in [1.82, 2.24) is 10.2 Å². The number of ether oxygens (including phenoxy) is 1. The summed E-state index contributed by atoms with van der Waals surface area (Å²) in [6.07, 6.45) is 2.78. The number of rotatable bonds is 6. The normalized spacial score (nSPS) is 19.4. The van der Waals surface area contributed by atoms with Crippen molar-refractivity contribution in [2.45, 2.75) is 37.9 Å². The lowest BCUT2D eigenvalue weighted by Gasteiger charge is -2.35. The highest BCUT2D eigenvalue weighted by Crippen LogP contribution is 2.41. The van der Waals surface area contributed by atoms with Gasteiger partial charge in [0.15, 0.2) is 0 Å². The Morgan fingerprint density at radius 3 is 2.48 bits per heavy atom. The minimum atomic E-state index is -0.584. The molecule has 2 aliphatic rings. The van der Waals surface area contributed by atoms with Gasteiger partial charge in [-0.3, -0.25) is 4.79 Å². The fourth-order valence-electron chi connectivity index (χ4n) is 4.09. The van der Waals surface area contributed by atoms with Crippen LogP contribution in [-0.2, 0) is 27.3 Å². The van der Waals surface area contributed by atoms with Crippen molar-refractivity contribution in [3.05, 3.63) is 70.2 Å². The second-order valence-electron chi connectivity index (χ2n) is 7.78. The number of benzene rings is 2. The van der Waals surface area contributed by atoms with Crippen molar-refractivity contribution >= 4 is 23.5 Å². The molecule has 152 valence electrons. The van der Waals surface area contributed by atoms with Crippen LogP contribution in [0, 0.1) is 5.92 Å². The second kappa shape index (κ2) is 8.56. The molecule has 0 bridgehead atoms. The van der Waals surface area contributed by atoms with Crippen molar-refractivity contribution in [3.63, 3.8) is 0 Å². The van der Waals surface area contributed by atoms with Crippen LogP contribution >= 0.6 is 11.6 Å². The Bertz CT molecular complexity index is 895. The standard InChI is InChI=1S/C23H25ClN2O3/c1-29-23(28)20-12-17-4-2-3-5-18(17)14-26(20)21(27)13-25-22(15-6-7-15)16-8-10-19(24)11-9-16/h2-5,8-11,15,20,22,25H,6-7,12-14H2,1H3. The molecular formula is C23H25ClN2O3. The molecule has 2 unspecified atom stereocenters. The maximum Gasteiger partial charge on any atom is 0.328 e. The van der Waals surface area contributed by atoms with Crippen molar-refractivity contribution in [1.29, 1.82) is 0 Å². The van der Waals surface area contributed by atoms with Crippen LogP contribution in [0.3, 0.4) is 0 Å². The van der Waals surface area contributed by atoms with Gasteiger partial charge in [-0.1, -0.05) is 48.0 Å². The third-order valence-corrected chi connectivity index (χ3v) is 6.09. The number of halogens is 1. The molecule has 1 fully saturated rings. The minimum absolute atomic E-state index is 0.0884. The van der Waals surface area contributed by atoms with Gasteiger partial charge in [-0.25, -0.2) is 4.79 Å². The fraction of sp³-hybridized carbons (Fsp3) is 0.391. The smallest absolute Gasteiger partial charge is 0.328 e. The van der Waals surface area contributed by atoms with Crippen LogP contribution in [0.5, 0.6) is 0 Å². The van der Waals surface area contributed by atoms with Crippen LogP contribution in [0.25, 0.3) is 0 Å². The molecule has 4 rings (SSSR count). The van der Waals surface area contributed by atoms with Gasteiger partial charge in [0.25, 0.3) is 0 Å². The Morgan fingerprint density at radius 2 is 1.83 bits per heavy atom. The molecule has 0 aromatic heterocycles. The van der Waals surface area contributed by atoms with Gasteiger partial charge in [-0.15, -0.1) is 0 Å². The Labute approximate surface area is 176 Å². The third kappa shape index (κ3) is 4.46. The van der Waals surface area contributed by atoms with Crippen LogP contribution in [0.4, 0.5) is 0 Å². The van der Waals surface area contributed by atoms with Crippen molar-refractivity contribution in [2.24, 2.45) is 5.92 Å². The first kappa shape index (κ1) is 19.9. The van der Waals surface area contributed by atoms with E-state index in [9.17, 15) is 9.59 Å². The number of amides is 1. The maximum atomic E-state index is 13.1. The zero-order valence-corrected chi connectivity index (χ0v) is 17.2. The van der Waals surface area contributed by atoms with Crippen LogP contribution in [0.2, 0.25) is 5.02 Å². The molecule has 5 nitrogen and oxygen atoms in total. The zero-order chi connectivity index (χ0) is 20.4. The van der Waals surface area contributed by atoms with Gasteiger partial charge in [0.05, 0.1) is 13.7 Å². The highest BCUT2D eigenvalue weighted by molar-refractivity contribution is 6.30. The van der Waals surface area contributed by atoms with E-state index in [1.54, 1.807) is 4.90 Å². The quantitative estimate of drug-likeness (QED) is 0.737. The molecule has 6 heteroatoms. The average molecular weight is 413 g/mol. The molecule has 1 aliphatic heterocycles. The number of esters is 1. The van der Waals surface area contributed by atoms with Crippen LogP contribution < -0.4 is 5.32 Å². The highest BCUT2D eigenvalue weighted by Gasteiger charge is 2.37. The van der Waals surface area contributed by atoms with E-state index in [2.05, 4.69) is 5.32 Å². The molecule has 0 saturated heterocycles. The predicted octanol–water partition coefficient (Wildman–Crippen LogP) is 3.51. The van der Waals surface area contributed by atoms with Crippen molar-refractivity contribution < 1.29 is 14.3 Å². The van der Waals surface area contributed by atoms with E-state index in [1.807, 2.05) is 48.5 Å². The Morgan fingerprint density at radius 1 is 1.14 bits per heavy atom. The summed E-state index contributed by atoms with van der Waals surface area (Å²) in [5, 5.41) is 4.13. The molecule has 29 heavy (non-hydrogen) atoms. The number of carbonyl (C=O) groups is 2. The lowest BCUT2D eigenvalue weighted by Crippen LogP contribution is -2.51. The summed E-state index contributed by atoms with van der Waals surface area (Å²) in [6.45, 7) is 0.602. The molecule has 2 atom stereocenters. The Kier molecular flexibility index (Phi) is 5.88. The third-order valence-electron chi connectivity index (χ3n) is 5.84. The molecule has 1 amide bonds.